The lowest BCUT2D eigenvalue weighted by Gasteiger charge is -2.10. The number of fused-ring (bicyclic) bond motifs is 1. The second-order valence-corrected chi connectivity index (χ2v) is 8.94. The molecule has 0 unspecified atom stereocenters. The molecule has 3 aromatic rings. The molecule has 1 aromatic heterocycles. The van der Waals surface area contributed by atoms with E-state index >= 15 is 0 Å². The van der Waals surface area contributed by atoms with Crippen LogP contribution in [0.5, 0.6) is 11.5 Å². The molecule has 7 nitrogen and oxygen atoms in total. The topological polar surface area (TPSA) is 82.6 Å². The van der Waals surface area contributed by atoms with Crippen molar-refractivity contribution < 1.29 is 19.0 Å². The van der Waals surface area contributed by atoms with Crippen LogP contribution in [-0.2, 0) is 16.0 Å². The summed E-state index contributed by atoms with van der Waals surface area (Å²) in [6.07, 6.45) is 8.70. The predicted molar refractivity (Wildman–Crippen MR) is 146 cm³/mol. The summed E-state index contributed by atoms with van der Waals surface area (Å²) in [6.45, 7) is 7.53. The van der Waals surface area contributed by atoms with Crippen molar-refractivity contribution in [3.05, 3.63) is 53.5 Å². The highest BCUT2D eigenvalue weighted by molar-refractivity contribution is 5.84. The number of ether oxygens (including phenoxy) is 3. The van der Waals surface area contributed by atoms with Crippen LogP contribution >= 0.6 is 0 Å². The third-order valence-electron chi connectivity index (χ3n) is 6.24. The zero-order valence-electron chi connectivity index (χ0n) is 22.6. The number of nitrogens with zero attached hydrogens (tertiary/aromatic N) is 2. The Bertz CT molecular complexity index is 1080. The summed E-state index contributed by atoms with van der Waals surface area (Å²) in [5, 5.41) is 4.16. The molecule has 0 radical (unpaired) electrons. The normalized spacial score (nSPS) is 12.6. The summed E-state index contributed by atoms with van der Waals surface area (Å²) in [7, 11) is 5.20. The molecule has 7 heteroatoms. The third kappa shape index (κ3) is 8.70. The molecule has 0 atom stereocenters. The van der Waals surface area contributed by atoms with E-state index in [2.05, 4.69) is 59.0 Å². The van der Waals surface area contributed by atoms with E-state index in [4.69, 9.17) is 9.47 Å². The smallest absolute Gasteiger partial charge is 0.293 e. The highest BCUT2D eigenvalue weighted by Crippen LogP contribution is 2.32. The summed E-state index contributed by atoms with van der Waals surface area (Å²) in [5.74, 6) is 2.07. The monoisotopic (exact) mass is 495 g/mol. The molecule has 1 heterocycles. The second-order valence-electron chi connectivity index (χ2n) is 8.94. The van der Waals surface area contributed by atoms with Crippen molar-refractivity contribution in [3.8, 4) is 11.5 Å². The van der Waals surface area contributed by atoms with Gasteiger partial charge in [-0.05, 0) is 56.7 Å². The van der Waals surface area contributed by atoms with Crippen LogP contribution in [0.25, 0.3) is 10.9 Å². The number of anilines is 1. The second kappa shape index (κ2) is 15.6. The number of carbonyl (C=O) groups is 1. The zero-order valence-corrected chi connectivity index (χ0v) is 22.6. The molecule has 0 amide bonds. The molecule has 0 saturated heterocycles. The highest BCUT2D eigenvalue weighted by atomic mass is 16.5. The number of methoxy groups -OCH3 is 2. The van der Waals surface area contributed by atoms with Gasteiger partial charge >= 0.3 is 0 Å². The predicted octanol–water partition coefficient (Wildman–Crippen LogP) is 6.29. The van der Waals surface area contributed by atoms with Crippen molar-refractivity contribution >= 4 is 23.1 Å². The van der Waals surface area contributed by atoms with Crippen LogP contribution in [0.3, 0.4) is 0 Å². The van der Waals surface area contributed by atoms with Crippen LogP contribution in [0.2, 0.25) is 0 Å². The van der Waals surface area contributed by atoms with Gasteiger partial charge in [0, 0.05) is 24.2 Å². The average molecular weight is 496 g/mol. The van der Waals surface area contributed by atoms with Gasteiger partial charge in [0.2, 0.25) is 0 Å². The molecule has 0 bridgehead atoms. The number of hydrogen-bond acceptors (Lipinski definition) is 7. The Labute approximate surface area is 215 Å². The number of aryl methyl sites for hydroxylation is 3. The fourth-order valence-electron chi connectivity index (χ4n) is 4.32. The van der Waals surface area contributed by atoms with Crippen LogP contribution < -0.4 is 14.8 Å². The maximum Gasteiger partial charge on any atom is 0.293 e. The average Bonchev–Trinajstić information content (AvgIpc) is 3.41. The maximum absolute atomic E-state index is 9.74. The number of nitrogens with one attached hydrogen (secondary N) is 1. The zero-order chi connectivity index (χ0) is 26.3. The van der Waals surface area contributed by atoms with Gasteiger partial charge in [-0.2, -0.15) is 0 Å². The molecule has 1 aliphatic rings. The molecule has 0 spiro atoms. The minimum Gasteiger partial charge on any atom is -0.493 e. The summed E-state index contributed by atoms with van der Waals surface area (Å²) >= 11 is 0. The molecule has 4 rings (SSSR count). The molecule has 0 aliphatic heterocycles. The lowest BCUT2D eigenvalue weighted by Crippen LogP contribution is -2.03. The molecular formula is C29H41N3O4. The molecule has 1 aliphatic carbocycles. The quantitative estimate of drug-likeness (QED) is 0.368. The minimum atomic E-state index is 0.540. The van der Waals surface area contributed by atoms with Crippen molar-refractivity contribution in [1.29, 1.82) is 0 Å². The number of aromatic nitrogens is 2. The molecule has 36 heavy (non-hydrogen) atoms. The van der Waals surface area contributed by atoms with Gasteiger partial charge in [0.1, 0.15) is 6.33 Å². The summed E-state index contributed by atoms with van der Waals surface area (Å²) in [4.78, 5) is 18.3. The first-order valence-electron chi connectivity index (χ1n) is 12.6. The first-order chi connectivity index (χ1) is 17.5. The van der Waals surface area contributed by atoms with Crippen LogP contribution in [0.15, 0.2) is 36.7 Å². The Morgan fingerprint density at radius 1 is 1.03 bits per heavy atom. The van der Waals surface area contributed by atoms with Gasteiger partial charge in [0.05, 0.1) is 32.0 Å². The van der Waals surface area contributed by atoms with Crippen LogP contribution in [0.1, 0.15) is 55.8 Å². The standard InChI is InChI=1S/C13H16N2O2.C9H13N.C7H12O2/c1-4-5-10-9-6-12(16-2)13(17-3)7-11(9)15-8-14-10;1-7-4-5-9(10-3)8(2)6-7;8-6-9-5-7-3-1-2-4-7/h6-8H,4-5H2,1-3H3;4-6,10H,1-3H3;6-7H,1-5H2. The fourth-order valence-corrected chi connectivity index (χ4v) is 4.32. The Hall–Kier alpha value is -3.35. The largest absolute Gasteiger partial charge is 0.493 e. The number of carbonyl (C=O) groups excluding carboxylic acids is 1. The Morgan fingerprint density at radius 2 is 1.72 bits per heavy atom. The minimum absolute atomic E-state index is 0.540. The molecule has 1 fully saturated rings. The van der Waals surface area contributed by atoms with Crippen LogP contribution in [-0.4, -0.2) is 44.3 Å². The van der Waals surface area contributed by atoms with Gasteiger partial charge < -0.3 is 19.5 Å². The van der Waals surface area contributed by atoms with E-state index in [1.165, 1.54) is 42.5 Å². The van der Waals surface area contributed by atoms with Gasteiger partial charge in [-0.15, -0.1) is 0 Å². The SMILES string of the molecule is CCCc1ncnc2cc(OC)c(OC)cc12.CNc1ccc(C)cc1C.O=COCC1CCCC1. The fraction of sp³-hybridized carbons (Fsp3) is 0.483. The Balaban J connectivity index is 0.000000205. The summed E-state index contributed by atoms with van der Waals surface area (Å²) in [5.41, 5.74) is 5.78. The van der Waals surface area contributed by atoms with E-state index in [1.807, 2.05) is 19.2 Å². The van der Waals surface area contributed by atoms with E-state index in [1.54, 1.807) is 20.5 Å². The van der Waals surface area contributed by atoms with E-state index in [9.17, 15) is 4.79 Å². The Kier molecular flexibility index (Phi) is 12.5. The van der Waals surface area contributed by atoms with E-state index < -0.39 is 0 Å². The van der Waals surface area contributed by atoms with Crippen LogP contribution in [0, 0.1) is 19.8 Å². The van der Waals surface area contributed by atoms with Crippen molar-refractivity contribution in [2.24, 2.45) is 5.92 Å². The number of benzene rings is 2. The van der Waals surface area contributed by atoms with Gasteiger partial charge in [0.25, 0.3) is 6.47 Å². The first kappa shape index (κ1) is 28.9. The molecule has 196 valence electrons. The van der Waals surface area contributed by atoms with Crippen LogP contribution in [0.4, 0.5) is 5.69 Å². The lowest BCUT2D eigenvalue weighted by molar-refractivity contribution is -0.129. The van der Waals surface area contributed by atoms with E-state index in [0.717, 1.165) is 29.4 Å². The molecule has 1 saturated carbocycles. The van der Waals surface area contributed by atoms with Gasteiger partial charge in [-0.3, -0.25) is 4.79 Å². The maximum atomic E-state index is 9.74. The molecule has 1 N–H and O–H groups in total. The number of rotatable bonds is 8. The van der Waals surface area contributed by atoms with Gasteiger partial charge in [-0.1, -0.05) is 43.9 Å². The first-order valence-corrected chi connectivity index (χ1v) is 12.6. The van der Waals surface area contributed by atoms with Crippen molar-refractivity contribution in [3.63, 3.8) is 0 Å². The number of hydrogen-bond donors (Lipinski definition) is 1. The molecular weight excluding hydrogens is 454 g/mol. The van der Waals surface area contributed by atoms with Crippen molar-refractivity contribution in [1.82, 2.24) is 9.97 Å². The van der Waals surface area contributed by atoms with Crippen molar-refractivity contribution in [2.75, 3.05) is 33.2 Å². The van der Waals surface area contributed by atoms with Gasteiger partial charge in [-0.25, -0.2) is 9.97 Å². The van der Waals surface area contributed by atoms with E-state index in [0.29, 0.717) is 30.5 Å². The lowest BCUT2D eigenvalue weighted by atomic mass is 10.1. The third-order valence-corrected chi connectivity index (χ3v) is 6.24. The van der Waals surface area contributed by atoms with E-state index in [-0.39, 0.29) is 0 Å². The summed E-state index contributed by atoms with van der Waals surface area (Å²) in [6, 6.07) is 10.2. The molecule has 2 aromatic carbocycles. The van der Waals surface area contributed by atoms with Gasteiger partial charge in [0.15, 0.2) is 11.5 Å². The summed E-state index contributed by atoms with van der Waals surface area (Å²) < 4.78 is 15.2. The Morgan fingerprint density at radius 3 is 2.31 bits per heavy atom. The van der Waals surface area contributed by atoms with Crippen molar-refractivity contribution in [2.45, 2.75) is 59.3 Å². The highest BCUT2D eigenvalue weighted by Gasteiger charge is 2.14.